The molecule has 0 aliphatic carbocycles. The van der Waals surface area contributed by atoms with Gasteiger partial charge in [-0.2, -0.15) is 0 Å². The van der Waals surface area contributed by atoms with Crippen LogP contribution in [0, 0.1) is 13.8 Å². The van der Waals surface area contributed by atoms with Gasteiger partial charge in [-0.3, -0.25) is 4.72 Å². The van der Waals surface area contributed by atoms with Crippen LogP contribution >= 0.6 is 0 Å². The third-order valence-corrected chi connectivity index (χ3v) is 8.14. The molecule has 2 rings (SSSR count). The van der Waals surface area contributed by atoms with Gasteiger partial charge in [0.2, 0.25) is 20.0 Å². The third kappa shape index (κ3) is 4.97. The number of ether oxygens (including phenoxy) is 1. The number of nitrogens with one attached hydrogen (secondary N) is 1. The highest BCUT2D eigenvalue weighted by Gasteiger charge is 2.28. The summed E-state index contributed by atoms with van der Waals surface area (Å²) in [5.41, 5.74) is 1.56. The van der Waals surface area contributed by atoms with Crippen molar-refractivity contribution >= 4 is 42.6 Å². The Bertz CT molecular complexity index is 1150. The molecule has 0 unspecified atom stereocenters. The largest absolute Gasteiger partial charge is 0.465 e. The fourth-order valence-corrected chi connectivity index (χ4v) is 6.46. The maximum atomic E-state index is 13.0. The molecular formula is C20H30N2O6S2. The van der Waals surface area contributed by atoms with Gasteiger partial charge in [-0.1, -0.05) is 26.7 Å². The lowest BCUT2D eigenvalue weighted by atomic mass is 10.1. The number of aromatic nitrogens is 1. The smallest absolute Gasteiger partial charge is 0.340 e. The lowest BCUT2D eigenvalue weighted by Gasteiger charge is -2.13. The van der Waals surface area contributed by atoms with Crippen LogP contribution in [0.1, 0.15) is 61.1 Å². The zero-order chi connectivity index (χ0) is 22.7. The number of carbonyl (C=O) groups excluding carboxylic acids is 1. The molecule has 0 bridgehead atoms. The number of esters is 1. The van der Waals surface area contributed by atoms with Crippen LogP contribution in [0.15, 0.2) is 12.1 Å². The van der Waals surface area contributed by atoms with Crippen LogP contribution in [0.3, 0.4) is 0 Å². The molecule has 8 nitrogen and oxygen atoms in total. The molecule has 0 aliphatic heterocycles. The summed E-state index contributed by atoms with van der Waals surface area (Å²) < 4.78 is 59.3. The molecule has 0 aliphatic rings. The van der Waals surface area contributed by atoms with E-state index in [-0.39, 0.29) is 22.8 Å². The van der Waals surface area contributed by atoms with Crippen molar-refractivity contribution in [2.75, 3.05) is 23.3 Å². The number of anilines is 1. The average molecular weight is 459 g/mol. The van der Waals surface area contributed by atoms with Gasteiger partial charge in [0.15, 0.2) is 0 Å². The Balaban J connectivity index is 2.74. The van der Waals surface area contributed by atoms with Gasteiger partial charge in [-0.25, -0.2) is 25.6 Å². The van der Waals surface area contributed by atoms with Gasteiger partial charge in [0, 0.05) is 11.1 Å². The van der Waals surface area contributed by atoms with Crippen LogP contribution in [0.4, 0.5) is 5.69 Å². The monoisotopic (exact) mass is 458 g/mol. The fraction of sp³-hybridized carbons (Fsp3) is 0.550. The summed E-state index contributed by atoms with van der Waals surface area (Å²) in [6.45, 7) is 7.05. The maximum absolute atomic E-state index is 13.0. The quantitative estimate of drug-likeness (QED) is 0.545. The number of benzene rings is 1. The van der Waals surface area contributed by atoms with Gasteiger partial charge < -0.3 is 4.74 Å². The van der Waals surface area contributed by atoms with Crippen LogP contribution < -0.4 is 4.72 Å². The number of nitrogens with zero attached hydrogens (tertiary/aromatic N) is 1. The van der Waals surface area contributed by atoms with Crippen LogP contribution in [-0.4, -0.2) is 45.4 Å². The minimum absolute atomic E-state index is 0.0176. The summed E-state index contributed by atoms with van der Waals surface area (Å²) in [4.78, 5) is 12.5. The van der Waals surface area contributed by atoms with Crippen LogP contribution in [0.5, 0.6) is 0 Å². The molecule has 1 heterocycles. The van der Waals surface area contributed by atoms with Crippen molar-refractivity contribution in [3.8, 4) is 0 Å². The molecule has 1 aromatic heterocycles. The van der Waals surface area contributed by atoms with Gasteiger partial charge in [-0.15, -0.1) is 0 Å². The molecule has 0 spiro atoms. The van der Waals surface area contributed by atoms with Crippen molar-refractivity contribution in [3.05, 3.63) is 29.0 Å². The predicted molar refractivity (Wildman–Crippen MR) is 119 cm³/mol. The number of sulfonamides is 1. The molecule has 0 atom stereocenters. The van der Waals surface area contributed by atoms with E-state index >= 15 is 0 Å². The van der Waals surface area contributed by atoms with Crippen LogP contribution in [-0.2, 0) is 24.8 Å². The lowest BCUT2D eigenvalue weighted by molar-refractivity contribution is 0.0602. The minimum Gasteiger partial charge on any atom is -0.465 e. The average Bonchev–Trinajstić information content (AvgIpc) is 2.95. The van der Waals surface area contributed by atoms with Crippen molar-refractivity contribution < 1.29 is 26.4 Å². The zero-order valence-electron chi connectivity index (χ0n) is 18.1. The van der Waals surface area contributed by atoms with E-state index in [4.69, 9.17) is 4.74 Å². The molecule has 0 fully saturated rings. The van der Waals surface area contributed by atoms with E-state index in [1.165, 1.54) is 17.1 Å². The Morgan fingerprint density at radius 1 is 1.03 bits per heavy atom. The number of hydrogen-bond donors (Lipinski definition) is 1. The zero-order valence-corrected chi connectivity index (χ0v) is 19.7. The first-order valence-corrected chi connectivity index (χ1v) is 13.2. The second-order valence-corrected chi connectivity index (χ2v) is 11.1. The van der Waals surface area contributed by atoms with Gasteiger partial charge in [0.05, 0.1) is 35.4 Å². The molecular weight excluding hydrogens is 428 g/mol. The van der Waals surface area contributed by atoms with Crippen molar-refractivity contribution in [3.63, 3.8) is 0 Å². The summed E-state index contributed by atoms with van der Waals surface area (Å²) in [6, 6.07) is 3.11. The van der Waals surface area contributed by atoms with Gasteiger partial charge in [0.25, 0.3) is 0 Å². The first-order valence-electron chi connectivity index (χ1n) is 9.96. The van der Waals surface area contributed by atoms with Crippen molar-refractivity contribution in [1.29, 1.82) is 0 Å². The number of rotatable bonds is 10. The first kappa shape index (κ1) is 24.2. The van der Waals surface area contributed by atoms with Crippen LogP contribution in [0.2, 0.25) is 0 Å². The highest BCUT2D eigenvalue weighted by atomic mass is 32.2. The molecule has 0 saturated carbocycles. The van der Waals surface area contributed by atoms with Crippen molar-refractivity contribution in [1.82, 2.24) is 3.97 Å². The number of unbranched alkanes of at least 4 members (excludes halogenated alkanes) is 2. The van der Waals surface area contributed by atoms with E-state index in [0.717, 1.165) is 6.42 Å². The van der Waals surface area contributed by atoms with Gasteiger partial charge in [0.1, 0.15) is 0 Å². The molecule has 0 amide bonds. The molecule has 0 saturated heterocycles. The lowest BCUT2D eigenvalue weighted by Crippen LogP contribution is -2.19. The SMILES string of the molecule is CCCCS(=O)(=O)Nc1cc2c(C(=O)OC)c(C)n(S(=O)(=O)CCCC)c2cc1C. The van der Waals surface area contributed by atoms with Crippen molar-refractivity contribution in [2.24, 2.45) is 0 Å². The molecule has 168 valence electrons. The first-order chi connectivity index (χ1) is 14.0. The topological polar surface area (TPSA) is 112 Å². The van der Waals surface area contributed by atoms with Gasteiger partial charge in [-0.05, 0) is 44.4 Å². The molecule has 30 heavy (non-hydrogen) atoms. The summed E-state index contributed by atoms with van der Waals surface area (Å²) >= 11 is 0. The van der Waals surface area contributed by atoms with Crippen LogP contribution in [0.25, 0.3) is 10.9 Å². The summed E-state index contributed by atoms with van der Waals surface area (Å²) in [5, 5.41) is 0.332. The van der Waals surface area contributed by atoms with E-state index in [1.54, 1.807) is 19.9 Å². The van der Waals surface area contributed by atoms with Crippen molar-refractivity contribution in [2.45, 2.75) is 53.4 Å². The van der Waals surface area contributed by atoms with E-state index in [0.29, 0.717) is 41.4 Å². The summed E-state index contributed by atoms with van der Waals surface area (Å²) in [7, 11) is -6.05. The Kier molecular flexibility index (Phi) is 7.57. The second kappa shape index (κ2) is 9.38. The Morgan fingerprint density at radius 3 is 2.20 bits per heavy atom. The highest BCUT2D eigenvalue weighted by molar-refractivity contribution is 7.92. The minimum atomic E-state index is -3.71. The highest BCUT2D eigenvalue weighted by Crippen LogP contribution is 2.33. The van der Waals surface area contributed by atoms with E-state index in [9.17, 15) is 21.6 Å². The molecule has 1 N–H and O–H groups in total. The fourth-order valence-electron chi connectivity index (χ4n) is 3.34. The standard InChI is InChI=1S/C20H30N2O6S2/c1-6-8-10-29(24,25)21-17-13-16-18(12-14(17)3)22(30(26,27)11-9-7-2)15(4)19(16)20(23)28-5/h12-13,21H,6-11H2,1-5H3. The second-order valence-electron chi connectivity index (χ2n) is 7.34. The van der Waals surface area contributed by atoms with E-state index in [1.807, 2.05) is 13.8 Å². The van der Waals surface area contributed by atoms with E-state index < -0.39 is 26.0 Å². The molecule has 1 aromatic carbocycles. The Hall–Kier alpha value is -2.07. The number of fused-ring (bicyclic) bond motifs is 1. The number of hydrogen-bond acceptors (Lipinski definition) is 6. The predicted octanol–water partition coefficient (Wildman–Crippen LogP) is 3.56. The number of aryl methyl sites for hydroxylation is 1. The maximum Gasteiger partial charge on any atom is 0.340 e. The normalized spacial score (nSPS) is 12.3. The summed E-state index contributed by atoms with van der Waals surface area (Å²) in [5.74, 6) is -0.749. The van der Waals surface area contributed by atoms with E-state index in [2.05, 4.69) is 4.72 Å². The Morgan fingerprint density at radius 2 is 1.63 bits per heavy atom. The van der Waals surface area contributed by atoms with Gasteiger partial charge >= 0.3 is 5.97 Å². The number of methoxy groups -OCH3 is 1. The third-order valence-electron chi connectivity index (χ3n) is 4.95. The molecule has 0 radical (unpaired) electrons. The molecule has 2 aromatic rings. The Labute approximate surface area is 178 Å². The number of carbonyl (C=O) groups is 1. The summed E-state index contributed by atoms with van der Waals surface area (Å²) in [6.07, 6.45) is 2.46. The molecule has 10 heteroatoms.